The fourth-order valence-corrected chi connectivity index (χ4v) is 1.47. The zero-order valence-corrected chi connectivity index (χ0v) is 11.1. The van der Waals surface area contributed by atoms with Crippen LogP contribution >= 0.6 is 0 Å². The zero-order chi connectivity index (χ0) is 12.1. The molecule has 0 atom stereocenters. The maximum atomic E-state index is 4.41. The lowest BCUT2D eigenvalue weighted by molar-refractivity contribution is 0.416. The summed E-state index contributed by atoms with van der Waals surface area (Å²) < 4.78 is 0. The van der Waals surface area contributed by atoms with Gasteiger partial charge in [0.05, 0.1) is 0 Å². The smallest absolute Gasteiger partial charge is 0.128 e. The first-order valence-corrected chi connectivity index (χ1v) is 5.82. The quantitative estimate of drug-likeness (QED) is 0.760. The Morgan fingerprint density at radius 3 is 2.44 bits per heavy atom. The maximum Gasteiger partial charge on any atom is 0.128 e. The minimum absolute atomic E-state index is 0.559. The van der Waals surface area contributed by atoms with Gasteiger partial charge in [-0.1, -0.05) is 13.8 Å². The number of aromatic nitrogens is 1. The summed E-state index contributed by atoms with van der Waals surface area (Å²) in [6.45, 7) is 6.46. The predicted molar refractivity (Wildman–Crippen MR) is 70.2 cm³/mol. The minimum atomic E-state index is 0.559. The van der Waals surface area contributed by atoms with Crippen LogP contribution in [0.1, 0.15) is 25.3 Å². The minimum Gasteiger partial charge on any atom is -0.358 e. The summed E-state index contributed by atoms with van der Waals surface area (Å²) in [5, 5.41) is 0. The summed E-state index contributed by atoms with van der Waals surface area (Å²) in [5.74, 6) is 1.62. The Balaban J connectivity index is 2.68. The van der Waals surface area contributed by atoms with Crippen molar-refractivity contribution in [3.05, 3.63) is 23.9 Å². The Morgan fingerprint density at radius 2 is 1.88 bits per heavy atom. The van der Waals surface area contributed by atoms with Gasteiger partial charge in [-0.2, -0.15) is 0 Å². The van der Waals surface area contributed by atoms with Gasteiger partial charge in [-0.3, -0.25) is 0 Å². The molecule has 0 N–H and O–H groups in total. The molecule has 1 rings (SSSR count). The van der Waals surface area contributed by atoms with E-state index in [2.05, 4.69) is 61.9 Å². The van der Waals surface area contributed by atoms with Crippen LogP contribution in [0.4, 0.5) is 5.82 Å². The Labute approximate surface area is 99.1 Å². The highest BCUT2D eigenvalue weighted by Gasteiger charge is 2.05. The third kappa shape index (κ3) is 3.81. The van der Waals surface area contributed by atoms with Gasteiger partial charge in [-0.15, -0.1) is 0 Å². The van der Waals surface area contributed by atoms with Gasteiger partial charge in [0, 0.05) is 26.3 Å². The highest BCUT2D eigenvalue weighted by atomic mass is 15.2. The van der Waals surface area contributed by atoms with Gasteiger partial charge >= 0.3 is 0 Å². The molecule has 3 nitrogen and oxygen atoms in total. The number of anilines is 1. The molecule has 0 unspecified atom stereocenters. The van der Waals surface area contributed by atoms with Gasteiger partial charge in [0.2, 0.25) is 0 Å². The third-order valence-electron chi connectivity index (χ3n) is 2.71. The van der Waals surface area contributed by atoms with E-state index >= 15 is 0 Å². The molecule has 0 aliphatic rings. The number of pyridine rings is 1. The molecule has 0 fully saturated rings. The van der Waals surface area contributed by atoms with E-state index in [1.54, 1.807) is 0 Å². The molecule has 0 radical (unpaired) electrons. The summed E-state index contributed by atoms with van der Waals surface area (Å²) >= 11 is 0. The maximum absolute atomic E-state index is 4.41. The summed E-state index contributed by atoms with van der Waals surface area (Å²) in [5.41, 5.74) is 1.35. The molecule has 1 aromatic heterocycles. The number of hydrogen-bond acceptors (Lipinski definition) is 3. The third-order valence-corrected chi connectivity index (χ3v) is 2.71. The standard InChI is InChI=1S/C13H23N3/c1-11(2)12-6-7-14-13(10-12)16(5)9-8-15(3)4/h6-7,10-11H,8-9H2,1-5H3. The Morgan fingerprint density at radius 1 is 1.19 bits per heavy atom. The largest absolute Gasteiger partial charge is 0.358 e. The van der Waals surface area contributed by atoms with Crippen LogP contribution < -0.4 is 4.90 Å². The van der Waals surface area contributed by atoms with Gasteiger partial charge in [0.25, 0.3) is 0 Å². The van der Waals surface area contributed by atoms with E-state index in [4.69, 9.17) is 0 Å². The van der Waals surface area contributed by atoms with Gasteiger partial charge in [-0.25, -0.2) is 4.98 Å². The first kappa shape index (κ1) is 13.0. The van der Waals surface area contributed by atoms with E-state index in [0.29, 0.717) is 5.92 Å². The molecule has 3 heteroatoms. The molecule has 0 saturated heterocycles. The lowest BCUT2D eigenvalue weighted by atomic mass is 10.1. The van der Waals surface area contributed by atoms with Crippen molar-refractivity contribution in [1.82, 2.24) is 9.88 Å². The Hall–Kier alpha value is -1.09. The molecular formula is C13H23N3. The van der Waals surface area contributed by atoms with Crippen molar-refractivity contribution in [3.8, 4) is 0 Å². The Bertz CT molecular complexity index is 321. The number of hydrogen-bond donors (Lipinski definition) is 0. The van der Waals surface area contributed by atoms with E-state index in [-0.39, 0.29) is 0 Å². The normalized spacial score (nSPS) is 11.2. The van der Waals surface area contributed by atoms with Crippen molar-refractivity contribution in [2.24, 2.45) is 0 Å². The molecule has 0 aliphatic carbocycles. The lowest BCUT2D eigenvalue weighted by Crippen LogP contribution is -2.29. The van der Waals surface area contributed by atoms with Gasteiger partial charge in [0.15, 0.2) is 0 Å². The Kier molecular flexibility index (Phi) is 4.74. The van der Waals surface area contributed by atoms with Crippen molar-refractivity contribution in [2.45, 2.75) is 19.8 Å². The van der Waals surface area contributed by atoms with Crippen molar-refractivity contribution < 1.29 is 0 Å². The van der Waals surface area contributed by atoms with Crippen LogP contribution in [0, 0.1) is 0 Å². The van der Waals surface area contributed by atoms with Crippen molar-refractivity contribution >= 4 is 5.82 Å². The second-order valence-electron chi connectivity index (χ2n) is 4.83. The summed E-state index contributed by atoms with van der Waals surface area (Å²) in [6, 6.07) is 4.27. The fraction of sp³-hybridized carbons (Fsp3) is 0.615. The lowest BCUT2D eigenvalue weighted by Gasteiger charge is -2.21. The van der Waals surface area contributed by atoms with Gasteiger partial charge in [-0.05, 0) is 37.7 Å². The highest BCUT2D eigenvalue weighted by Crippen LogP contribution is 2.18. The van der Waals surface area contributed by atoms with Crippen molar-refractivity contribution in [1.29, 1.82) is 0 Å². The molecule has 0 amide bonds. The second-order valence-corrected chi connectivity index (χ2v) is 4.83. The molecule has 0 bridgehead atoms. The van der Waals surface area contributed by atoms with E-state index in [0.717, 1.165) is 18.9 Å². The summed E-state index contributed by atoms with van der Waals surface area (Å²) in [6.07, 6.45) is 1.90. The summed E-state index contributed by atoms with van der Waals surface area (Å²) in [7, 11) is 6.27. The van der Waals surface area contributed by atoms with E-state index < -0.39 is 0 Å². The molecule has 16 heavy (non-hydrogen) atoms. The topological polar surface area (TPSA) is 19.4 Å². The van der Waals surface area contributed by atoms with Crippen LogP contribution in [0.2, 0.25) is 0 Å². The first-order chi connectivity index (χ1) is 7.50. The molecule has 0 spiro atoms. The molecule has 90 valence electrons. The van der Waals surface area contributed by atoms with Crippen molar-refractivity contribution in [2.75, 3.05) is 39.1 Å². The average molecular weight is 221 g/mol. The molecule has 1 aromatic rings. The number of nitrogens with zero attached hydrogens (tertiary/aromatic N) is 3. The van der Waals surface area contributed by atoms with Gasteiger partial charge in [0.1, 0.15) is 5.82 Å². The van der Waals surface area contributed by atoms with E-state index in [9.17, 15) is 0 Å². The zero-order valence-electron chi connectivity index (χ0n) is 11.1. The summed E-state index contributed by atoms with van der Waals surface area (Å²) in [4.78, 5) is 8.79. The SMILES string of the molecule is CC(C)c1ccnc(N(C)CCN(C)C)c1. The molecule has 0 aliphatic heterocycles. The number of likely N-dealkylation sites (N-methyl/N-ethyl adjacent to an activating group) is 2. The monoisotopic (exact) mass is 221 g/mol. The molecule has 1 heterocycles. The predicted octanol–water partition coefficient (Wildman–Crippen LogP) is 2.20. The number of rotatable bonds is 5. The molecule has 0 aromatic carbocycles. The second kappa shape index (κ2) is 5.85. The van der Waals surface area contributed by atoms with Crippen LogP contribution in [0.25, 0.3) is 0 Å². The molecule has 0 saturated carbocycles. The first-order valence-electron chi connectivity index (χ1n) is 5.82. The van der Waals surface area contributed by atoms with Crippen LogP contribution in [-0.4, -0.2) is 44.1 Å². The molecular weight excluding hydrogens is 198 g/mol. The van der Waals surface area contributed by atoms with E-state index in [1.165, 1.54) is 5.56 Å². The highest BCUT2D eigenvalue weighted by molar-refractivity contribution is 5.40. The van der Waals surface area contributed by atoms with Crippen LogP contribution in [0.15, 0.2) is 18.3 Å². The van der Waals surface area contributed by atoms with Crippen LogP contribution in [0.3, 0.4) is 0 Å². The van der Waals surface area contributed by atoms with E-state index in [1.807, 2.05) is 6.20 Å². The van der Waals surface area contributed by atoms with Crippen molar-refractivity contribution in [3.63, 3.8) is 0 Å². The van der Waals surface area contributed by atoms with Gasteiger partial charge < -0.3 is 9.80 Å². The average Bonchev–Trinajstić information content (AvgIpc) is 2.26. The van der Waals surface area contributed by atoms with Crippen LogP contribution in [-0.2, 0) is 0 Å². The fourth-order valence-electron chi connectivity index (χ4n) is 1.47. The van der Waals surface area contributed by atoms with Crippen LogP contribution in [0.5, 0.6) is 0 Å².